The lowest BCUT2D eigenvalue weighted by Gasteiger charge is -2.21. The average Bonchev–Trinajstić information content (AvgIpc) is 2.16. The minimum Gasteiger partial charge on any atom is -0.394 e. The maximum Gasteiger partial charge on any atom is 0.0861 e. The van der Waals surface area contributed by atoms with Gasteiger partial charge in [-0.15, -0.1) is 0 Å². The second-order valence-electron chi connectivity index (χ2n) is 3.43. The Morgan fingerprint density at radius 1 is 1.25 bits per heavy atom. The predicted molar refractivity (Wildman–Crippen MR) is 52.4 cm³/mol. The molecule has 0 spiro atoms. The largest absolute Gasteiger partial charge is 0.394 e. The average molecular weight is 190 g/mol. The molecule has 3 heteroatoms. The van der Waals surface area contributed by atoms with Crippen molar-refractivity contribution < 1.29 is 10.2 Å². The monoisotopic (exact) mass is 190 g/mol. The Morgan fingerprint density at radius 2 is 1.92 bits per heavy atom. The van der Waals surface area contributed by atoms with Gasteiger partial charge in [0.1, 0.15) is 0 Å². The Bertz CT molecular complexity index is 113. The Kier molecular flexibility index (Phi) is 5.04. The molecule has 0 saturated heterocycles. The third-order valence-electron chi connectivity index (χ3n) is 2.29. The van der Waals surface area contributed by atoms with Crippen LogP contribution in [-0.2, 0) is 0 Å². The van der Waals surface area contributed by atoms with Gasteiger partial charge < -0.3 is 10.2 Å². The number of aliphatic hydroxyl groups is 2. The molecule has 12 heavy (non-hydrogen) atoms. The third-order valence-corrected chi connectivity index (χ3v) is 3.81. The molecule has 1 unspecified atom stereocenters. The summed E-state index contributed by atoms with van der Waals surface area (Å²) >= 11 is 1.82. The first-order chi connectivity index (χ1) is 5.83. The van der Waals surface area contributed by atoms with E-state index >= 15 is 0 Å². The van der Waals surface area contributed by atoms with Crippen molar-refractivity contribution in [1.82, 2.24) is 0 Å². The summed E-state index contributed by atoms with van der Waals surface area (Å²) in [5, 5.41) is 18.5. The van der Waals surface area contributed by atoms with Crippen LogP contribution in [0.2, 0.25) is 0 Å². The molecule has 0 aliphatic heterocycles. The molecule has 0 aromatic rings. The van der Waals surface area contributed by atoms with Crippen molar-refractivity contribution >= 4 is 11.8 Å². The molecule has 72 valence electrons. The van der Waals surface area contributed by atoms with E-state index in [9.17, 15) is 0 Å². The van der Waals surface area contributed by atoms with E-state index in [4.69, 9.17) is 10.2 Å². The van der Waals surface area contributed by atoms with Gasteiger partial charge in [0.05, 0.1) is 12.7 Å². The van der Waals surface area contributed by atoms with E-state index in [0.717, 1.165) is 5.25 Å². The minimum absolute atomic E-state index is 0.0975. The highest BCUT2D eigenvalue weighted by Crippen LogP contribution is 2.28. The molecule has 1 saturated carbocycles. The van der Waals surface area contributed by atoms with E-state index in [1.54, 1.807) is 0 Å². The lowest BCUT2D eigenvalue weighted by molar-refractivity contribution is 0.113. The highest BCUT2D eigenvalue weighted by atomic mass is 32.2. The van der Waals surface area contributed by atoms with Crippen LogP contribution in [0, 0.1) is 0 Å². The molecule has 0 radical (unpaired) electrons. The molecule has 2 nitrogen and oxygen atoms in total. The number of hydrogen-bond acceptors (Lipinski definition) is 3. The molecule has 1 atom stereocenters. The summed E-state index contributed by atoms with van der Waals surface area (Å²) in [5.74, 6) is 0.696. The van der Waals surface area contributed by atoms with Gasteiger partial charge in [0.15, 0.2) is 0 Å². The van der Waals surface area contributed by atoms with Crippen LogP contribution in [0.15, 0.2) is 0 Å². The highest BCUT2D eigenvalue weighted by molar-refractivity contribution is 7.99. The van der Waals surface area contributed by atoms with Crippen LogP contribution >= 0.6 is 11.8 Å². The van der Waals surface area contributed by atoms with E-state index in [1.807, 2.05) is 11.8 Å². The lowest BCUT2D eigenvalue weighted by Crippen LogP contribution is -2.18. The van der Waals surface area contributed by atoms with Crippen LogP contribution in [0.25, 0.3) is 0 Å². The van der Waals surface area contributed by atoms with Crippen LogP contribution in [0.3, 0.4) is 0 Å². The SMILES string of the molecule is OCC(O)CSC1CCCCC1. The second-order valence-corrected chi connectivity index (χ2v) is 4.76. The quantitative estimate of drug-likeness (QED) is 0.704. The Morgan fingerprint density at radius 3 is 2.50 bits per heavy atom. The topological polar surface area (TPSA) is 40.5 Å². The second kappa shape index (κ2) is 5.84. The van der Waals surface area contributed by atoms with Crippen molar-refractivity contribution in [3.63, 3.8) is 0 Å². The van der Waals surface area contributed by atoms with Crippen LogP contribution in [-0.4, -0.2) is 33.9 Å². The summed E-state index contributed by atoms with van der Waals surface area (Å²) in [6.07, 6.45) is 6.13. The zero-order valence-electron chi connectivity index (χ0n) is 7.41. The lowest BCUT2D eigenvalue weighted by atomic mass is 10.0. The first kappa shape index (κ1) is 10.4. The molecule has 1 fully saturated rings. The summed E-state index contributed by atoms with van der Waals surface area (Å²) in [4.78, 5) is 0. The van der Waals surface area contributed by atoms with Crippen molar-refractivity contribution in [1.29, 1.82) is 0 Å². The summed E-state index contributed by atoms with van der Waals surface area (Å²) in [5.41, 5.74) is 0. The summed E-state index contributed by atoms with van der Waals surface area (Å²) in [6.45, 7) is -0.0975. The van der Waals surface area contributed by atoms with Crippen molar-refractivity contribution in [2.45, 2.75) is 43.5 Å². The van der Waals surface area contributed by atoms with Gasteiger partial charge in [0.25, 0.3) is 0 Å². The number of rotatable bonds is 4. The fraction of sp³-hybridized carbons (Fsp3) is 1.00. The van der Waals surface area contributed by atoms with E-state index in [-0.39, 0.29) is 6.61 Å². The van der Waals surface area contributed by atoms with Crippen LogP contribution in [0.4, 0.5) is 0 Å². The molecule has 0 aromatic carbocycles. The van der Waals surface area contributed by atoms with E-state index in [2.05, 4.69) is 0 Å². The normalized spacial score (nSPS) is 22.5. The zero-order valence-corrected chi connectivity index (χ0v) is 8.22. The smallest absolute Gasteiger partial charge is 0.0861 e. The van der Waals surface area contributed by atoms with Gasteiger partial charge in [-0.2, -0.15) is 11.8 Å². The van der Waals surface area contributed by atoms with Crippen LogP contribution in [0.5, 0.6) is 0 Å². The highest BCUT2D eigenvalue weighted by Gasteiger charge is 2.14. The third kappa shape index (κ3) is 3.78. The van der Waals surface area contributed by atoms with Gasteiger partial charge in [-0.3, -0.25) is 0 Å². The minimum atomic E-state index is -0.517. The fourth-order valence-electron chi connectivity index (χ4n) is 1.53. The van der Waals surface area contributed by atoms with Gasteiger partial charge in [-0.05, 0) is 12.8 Å². The first-order valence-electron chi connectivity index (χ1n) is 4.73. The molecule has 0 heterocycles. The molecule has 1 aliphatic carbocycles. The van der Waals surface area contributed by atoms with Crippen molar-refractivity contribution in [3.8, 4) is 0 Å². The van der Waals surface area contributed by atoms with Crippen molar-refractivity contribution in [3.05, 3.63) is 0 Å². The summed E-state index contributed by atoms with van der Waals surface area (Å²) < 4.78 is 0. The molecular formula is C9H18O2S. The first-order valence-corrected chi connectivity index (χ1v) is 5.78. The van der Waals surface area contributed by atoms with Crippen LogP contribution < -0.4 is 0 Å². The molecule has 0 aromatic heterocycles. The molecule has 1 aliphatic rings. The van der Waals surface area contributed by atoms with E-state index in [1.165, 1.54) is 32.1 Å². The molecule has 1 rings (SSSR count). The Labute approximate surface area is 78.4 Å². The molecule has 0 bridgehead atoms. The standard InChI is InChI=1S/C9H18O2S/c10-6-8(11)7-12-9-4-2-1-3-5-9/h8-11H,1-7H2. The maximum absolute atomic E-state index is 9.12. The zero-order chi connectivity index (χ0) is 8.81. The Hall–Kier alpha value is 0.270. The van der Waals surface area contributed by atoms with Gasteiger partial charge in [0, 0.05) is 11.0 Å². The molecule has 2 N–H and O–H groups in total. The van der Waals surface area contributed by atoms with Crippen LogP contribution in [0.1, 0.15) is 32.1 Å². The molecule has 0 amide bonds. The van der Waals surface area contributed by atoms with Gasteiger partial charge in [-0.25, -0.2) is 0 Å². The van der Waals surface area contributed by atoms with Gasteiger partial charge in [-0.1, -0.05) is 19.3 Å². The Balaban J connectivity index is 2.05. The number of aliphatic hydroxyl groups excluding tert-OH is 2. The van der Waals surface area contributed by atoms with E-state index < -0.39 is 6.10 Å². The maximum atomic E-state index is 9.12. The van der Waals surface area contributed by atoms with Gasteiger partial charge in [0.2, 0.25) is 0 Å². The van der Waals surface area contributed by atoms with Crippen molar-refractivity contribution in [2.75, 3.05) is 12.4 Å². The number of thioether (sulfide) groups is 1. The van der Waals surface area contributed by atoms with Gasteiger partial charge >= 0.3 is 0 Å². The fourth-order valence-corrected chi connectivity index (χ4v) is 2.80. The number of hydrogen-bond donors (Lipinski definition) is 2. The summed E-state index contributed by atoms with van der Waals surface area (Å²) in [7, 11) is 0. The van der Waals surface area contributed by atoms with Crippen molar-refractivity contribution in [2.24, 2.45) is 0 Å². The molecular weight excluding hydrogens is 172 g/mol. The summed E-state index contributed by atoms with van der Waals surface area (Å²) in [6, 6.07) is 0. The predicted octanol–water partition coefficient (Wildman–Crippen LogP) is 1.41. The van der Waals surface area contributed by atoms with E-state index in [0.29, 0.717) is 5.75 Å².